The number of rotatable bonds is 7. The summed E-state index contributed by atoms with van der Waals surface area (Å²) in [7, 11) is -1.29. The Morgan fingerprint density at radius 1 is 0.800 bits per heavy atom. The van der Waals surface area contributed by atoms with Gasteiger partial charge in [-0.3, -0.25) is 4.79 Å². The molecular formula is C20H16N2O5S3. The molecular weight excluding hydrogens is 444 g/mol. The Labute approximate surface area is 181 Å². The van der Waals surface area contributed by atoms with Crippen molar-refractivity contribution in [2.75, 3.05) is 5.32 Å². The molecule has 0 aliphatic rings. The maximum Gasteiger partial charge on any atom is 0.336 e. The van der Waals surface area contributed by atoms with E-state index in [4.69, 9.17) is 5.14 Å². The van der Waals surface area contributed by atoms with Crippen LogP contribution in [0.3, 0.4) is 0 Å². The lowest BCUT2D eigenvalue weighted by Crippen LogP contribution is -2.14. The maximum absolute atomic E-state index is 12.7. The van der Waals surface area contributed by atoms with Crippen LogP contribution in [-0.4, -0.2) is 25.4 Å². The van der Waals surface area contributed by atoms with Crippen LogP contribution in [0.25, 0.3) is 0 Å². The molecule has 1 amide bonds. The number of amides is 1. The lowest BCUT2D eigenvalue weighted by molar-refractivity contribution is 0.0693. The number of carboxylic acids is 1. The van der Waals surface area contributed by atoms with E-state index in [1.807, 2.05) is 0 Å². The number of anilines is 1. The number of carbonyl (C=O) groups excluding carboxylic acids is 1. The van der Waals surface area contributed by atoms with Gasteiger partial charge in [-0.1, -0.05) is 45.9 Å². The van der Waals surface area contributed by atoms with Crippen LogP contribution in [0.1, 0.15) is 20.7 Å². The van der Waals surface area contributed by atoms with E-state index in [-0.39, 0.29) is 16.4 Å². The van der Waals surface area contributed by atoms with Gasteiger partial charge in [-0.15, -0.1) is 0 Å². The first-order valence-corrected chi connectivity index (χ1v) is 12.2. The van der Waals surface area contributed by atoms with Gasteiger partial charge >= 0.3 is 5.97 Å². The molecule has 0 saturated heterocycles. The summed E-state index contributed by atoms with van der Waals surface area (Å²) in [4.78, 5) is 25.3. The first-order valence-electron chi connectivity index (χ1n) is 8.46. The zero-order valence-corrected chi connectivity index (χ0v) is 17.8. The van der Waals surface area contributed by atoms with Gasteiger partial charge in [-0.05, 0) is 48.5 Å². The molecule has 0 heterocycles. The molecule has 0 unspecified atom stereocenters. The van der Waals surface area contributed by atoms with Crippen molar-refractivity contribution in [3.05, 3.63) is 83.9 Å². The molecule has 7 nitrogen and oxygen atoms in total. The standard InChI is InChI=1S/C20H16N2O5S3/c21-30(26,27)14-11-9-13(10-12-14)22-19(23)15-5-1-3-7-17(15)28-29-18-8-4-2-6-16(18)20(24)25/h1-12H,(H,22,23)(H,24,25)(H2,21,26,27). The Morgan fingerprint density at radius 2 is 1.30 bits per heavy atom. The second-order valence-electron chi connectivity index (χ2n) is 5.99. The summed E-state index contributed by atoms with van der Waals surface area (Å²) in [6, 6.07) is 19.1. The minimum atomic E-state index is -3.81. The van der Waals surface area contributed by atoms with Crippen molar-refractivity contribution >= 4 is 49.2 Å². The molecule has 0 fully saturated rings. The van der Waals surface area contributed by atoms with Gasteiger partial charge in [-0.25, -0.2) is 18.4 Å². The Bertz CT molecular complexity index is 1200. The Kier molecular flexibility index (Phi) is 6.83. The third-order valence-electron chi connectivity index (χ3n) is 3.91. The van der Waals surface area contributed by atoms with Crippen LogP contribution in [0, 0.1) is 0 Å². The summed E-state index contributed by atoms with van der Waals surface area (Å²) >= 11 is 0. The molecule has 0 aromatic heterocycles. The average molecular weight is 461 g/mol. The van der Waals surface area contributed by atoms with Crippen LogP contribution < -0.4 is 10.5 Å². The number of hydrogen-bond acceptors (Lipinski definition) is 6. The summed E-state index contributed by atoms with van der Waals surface area (Å²) in [6.45, 7) is 0. The zero-order chi connectivity index (χ0) is 21.7. The SMILES string of the molecule is NS(=O)(=O)c1ccc(NC(=O)c2ccccc2SSc2ccccc2C(=O)O)cc1. The van der Waals surface area contributed by atoms with Gasteiger partial charge in [0.25, 0.3) is 5.91 Å². The highest BCUT2D eigenvalue weighted by atomic mass is 33.1. The fourth-order valence-electron chi connectivity index (χ4n) is 2.46. The molecule has 0 aliphatic heterocycles. The Morgan fingerprint density at radius 3 is 1.83 bits per heavy atom. The fourth-order valence-corrected chi connectivity index (χ4v) is 5.33. The van der Waals surface area contributed by atoms with E-state index in [0.717, 1.165) is 0 Å². The van der Waals surface area contributed by atoms with Crippen molar-refractivity contribution in [3.8, 4) is 0 Å². The average Bonchev–Trinajstić information content (AvgIpc) is 2.72. The quantitative estimate of drug-likeness (QED) is 0.453. The number of benzene rings is 3. The van der Waals surface area contributed by atoms with E-state index < -0.39 is 16.0 Å². The number of sulfonamides is 1. The number of primary sulfonamides is 1. The summed E-state index contributed by atoms with van der Waals surface area (Å²) in [5.74, 6) is -1.40. The fraction of sp³-hybridized carbons (Fsp3) is 0. The van der Waals surface area contributed by atoms with Crippen LogP contribution >= 0.6 is 21.6 Å². The second kappa shape index (κ2) is 9.35. The summed E-state index contributed by atoms with van der Waals surface area (Å²) in [5, 5.41) is 17.1. The third-order valence-corrected chi connectivity index (χ3v) is 7.32. The van der Waals surface area contributed by atoms with Gasteiger partial charge in [0.2, 0.25) is 10.0 Å². The van der Waals surface area contributed by atoms with Crippen molar-refractivity contribution in [2.24, 2.45) is 5.14 Å². The number of nitrogens with one attached hydrogen (secondary N) is 1. The first kappa shape index (κ1) is 21.9. The van der Waals surface area contributed by atoms with Crippen LogP contribution in [0.2, 0.25) is 0 Å². The van der Waals surface area contributed by atoms with Gasteiger partial charge in [0, 0.05) is 15.5 Å². The van der Waals surface area contributed by atoms with Crippen LogP contribution in [-0.2, 0) is 10.0 Å². The number of carbonyl (C=O) groups is 2. The number of hydrogen-bond donors (Lipinski definition) is 3. The first-order chi connectivity index (χ1) is 14.3. The van der Waals surface area contributed by atoms with Crippen LogP contribution in [0.4, 0.5) is 5.69 Å². The lowest BCUT2D eigenvalue weighted by Gasteiger charge is -2.10. The highest BCUT2D eigenvalue weighted by Crippen LogP contribution is 2.40. The topological polar surface area (TPSA) is 127 Å². The summed E-state index contributed by atoms with van der Waals surface area (Å²) < 4.78 is 22.7. The van der Waals surface area contributed by atoms with E-state index in [0.29, 0.717) is 21.0 Å². The van der Waals surface area contributed by atoms with E-state index >= 15 is 0 Å². The molecule has 0 bridgehead atoms. The molecule has 0 spiro atoms. The molecule has 0 atom stereocenters. The smallest absolute Gasteiger partial charge is 0.336 e. The molecule has 4 N–H and O–H groups in total. The van der Waals surface area contributed by atoms with Crippen molar-refractivity contribution < 1.29 is 23.1 Å². The van der Waals surface area contributed by atoms with Crippen LogP contribution in [0.5, 0.6) is 0 Å². The van der Waals surface area contributed by atoms with Crippen molar-refractivity contribution in [2.45, 2.75) is 14.7 Å². The molecule has 10 heteroatoms. The number of nitrogens with two attached hydrogens (primary N) is 1. The van der Waals surface area contributed by atoms with E-state index in [2.05, 4.69) is 5.32 Å². The monoisotopic (exact) mass is 460 g/mol. The zero-order valence-electron chi connectivity index (χ0n) is 15.3. The molecule has 0 radical (unpaired) electrons. The lowest BCUT2D eigenvalue weighted by atomic mass is 10.2. The minimum Gasteiger partial charge on any atom is -0.478 e. The second-order valence-corrected chi connectivity index (χ2v) is 9.76. The van der Waals surface area contributed by atoms with E-state index in [1.54, 1.807) is 42.5 Å². The van der Waals surface area contributed by atoms with Gasteiger partial charge in [0.05, 0.1) is 16.0 Å². The molecule has 154 valence electrons. The molecule has 0 aliphatic carbocycles. The third kappa shape index (κ3) is 5.42. The number of aromatic carboxylic acids is 1. The van der Waals surface area contributed by atoms with E-state index in [9.17, 15) is 23.1 Å². The molecule has 30 heavy (non-hydrogen) atoms. The van der Waals surface area contributed by atoms with Gasteiger partial charge in [0.1, 0.15) is 0 Å². The van der Waals surface area contributed by atoms with Crippen LogP contribution in [0.15, 0.2) is 87.5 Å². The predicted molar refractivity (Wildman–Crippen MR) is 117 cm³/mol. The van der Waals surface area contributed by atoms with Gasteiger partial charge < -0.3 is 10.4 Å². The Hall–Kier alpha value is -2.79. The highest BCUT2D eigenvalue weighted by molar-refractivity contribution is 8.76. The molecule has 3 rings (SSSR count). The molecule has 3 aromatic carbocycles. The molecule has 3 aromatic rings. The summed E-state index contributed by atoms with van der Waals surface area (Å²) in [6.07, 6.45) is 0. The minimum absolute atomic E-state index is 0.0510. The Balaban J connectivity index is 1.76. The normalized spacial score (nSPS) is 11.1. The van der Waals surface area contributed by atoms with Gasteiger partial charge in [0.15, 0.2) is 0 Å². The summed E-state index contributed by atoms with van der Waals surface area (Å²) in [5.41, 5.74) is 1.00. The highest BCUT2D eigenvalue weighted by Gasteiger charge is 2.15. The van der Waals surface area contributed by atoms with Crippen molar-refractivity contribution in [1.29, 1.82) is 0 Å². The van der Waals surface area contributed by atoms with Crippen molar-refractivity contribution in [3.63, 3.8) is 0 Å². The maximum atomic E-state index is 12.7. The predicted octanol–water partition coefficient (Wildman–Crippen LogP) is 4.08. The van der Waals surface area contributed by atoms with Crippen molar-refractivity contribution in [1.82, 2.24) is 0 Å². The largest absolute Gasteiger partial charge is 0.478 e. The number of carboxylic acid groups (broad SMARTS) is 1. The molecule has 0 saturated carbocycles. The van der Waals surface area contributed by atoms with Gasteiger partial charge in [-0.2, -0.15) is 0 Å². The van der Waals surface area contributed by atoms with E-state index in [1.165, 1.54) is 51.9 Å².